The number of nitrogens with zero attached hydrogens (tertiary/aromatic N) is 1. The zero-order valence-corrected chi connectivity index (χ0v) is 9.49. The van der Waals surface area contributed by atoms with E-state index in [0.717, 1.165) is 5.70 Å². The molecule has 1 aliphatic rings. The van der Waals surface area contributed by atoms with Gasteiger partial charge in [0.2, 0.25) is 0 Å². The van der Waals surface area contributed by atoms with E-state index in [2.05, 4.69) is 50.4 Å². The smallest absolute Gasteiger partial charge is 0.0702 e. The molecule has 1 aromatic carbocycles. The Labute approximate surface area is 91.5 Å². The summed E-state index contributed by atoms with van der Waals surface area (Å²) in [5.41, 5.74) is 3.82. The van der Waals surface area contributed by atoms with Crippen molar-refractivity contribution in [3.63, 3.8) is 0 Å². The Bertz CT molecular complexity index is 402. The van der Waals surface area contributed by atoms with Crippen molar-refractivity contribution in [2.45, 2.75) is 26.2 Å². The third-order valence-corrected chi connectivity index (χ3v) is 2.60. The van der Waals surface area contributed by atoms with Crippen molar-refractivity contribution in [3.8, 4) is 0 Å². The zero-order chi connectivity index (χ0) is 10.9. The van der Waals surface area contributed by atoms with Crippen LogP contribution in [0.4, 0.5) is 0 Å². The minimum Gasteiger partial charge on any atom is -0.256 e. The van der Waals surface area contributed by atoms with Gasteiger partial charge in [-0.25, -0.2) is 0 Å². The molecule has 0 aliphatic carbocycles. The van der Waals surface area contributed by atoms with Gasteiger partial charge in [0.05, 0.1) is 5.70 Å². The molecule has 0 atom stereocenters. The lowest BCUT2D eigenvalue weighted by atomic mass is 9.86. The van der Waals surface area contributed by atoms with E-state index in [9.17, 15) is 0 Å². The van der Waals surface area contributed by atoms with Crippen LogP contribution in [0, 0.1) is 0 Å². The first-order chi connectivity index (χ1) is 7.07. The molecule has 0 saturated heterocycles. The Hall–Kier alpha value is -1.50. The molecule has 1 heterocycles. The molecule has 0 saturated carbocycles. The van der Waals surface area contributed by atoms with E-state index in [1.807, 2.05) is 18.4 Å². The molecule has 0 N–H and O–H groups in total. The van der Waals surface area contributed by atoms with Crippen molar-refractivity contribution in [2.24, 2.45) is 0 Å². The van der Waals surface area contributed by atoms with E-state index in [1.165, 1.54) is 11.1 Å². The molecule has 1 aromatic rings. The predicted molar refractivity (Wildman–Crippen MR) is 64.4 cm³/mol. The third-order valence-electron chi connectivity index (χ3n) is 2.60. The monoisotopic (exact) mass is 198 g/mol. The normalized spacial score (nSPS) is 15.0. The second-order valence-electron chi connectivity index (χ2n) is 4.85. The first-order valence-electron chi connectivity index (χ1n) is 5.26. The Balaban J connectivity index is 2.25. The van der Waals surface area contributed by atoms with Crippen molar-refractivity contribution >= 4 is 5.70 Å². The van der Waals surface area contributed by atoms with Gasteiger partial charge < -0.3 is 0 Å². The maximum Gasteiger partial charge on any atom is 0.0702 e. The lowest BCUT2D eigenvalue weighted by Crippen LogP contribution is -2.10. The van der Waals surface area contributed by atoms with Gasteiger partial charge in [0.15, 0.2) is 0 Å². The maximum atomic E-state index is 4.28. The van der Waals surface area contributed by atoms with Crippen LogP contribution in [-0.2, 0) is 5.41 Å². The van der Waals surface area contributed by atoms with Crippen LogP contribution >= 0.6 is 0 Å². The van der Waals surface area contributed by atoms with E-state index in [1.54, 1.807) is 0 Å². The van der Waals surface area contributed by atoms with E-state index < -0.39 is 0 Å². The average Bonchev–Trinajstić information content (AvgIpc) is 2.69. The molecule has 0 spiro atoms. The van der Waals surface area contributed by atoms with Crippen LogP contribution in [0.3, 0.4) is 0 Å². The van der Waals surface area contributed by atoms with Crippen LogP contribution in [-0.4, -0.2) is 0 Å². The highest BCUT2D eigenvalue weighted by Gasteiger charge is 2.13. The minimum atomic E-state index is 0.220. The molecular formula is C14H16N. The van der Waals surface area contributed by atoms with Crippen molar-refractivity contribution in [3.05, 3.63) is 53.7 Å². The van der Waals surface area contributed by atoms with E-state index in [4.69, 9.17) is 0 Å². The molecule has 77 valence electrons. The van der Waals surface area contributed by atoms with Gasteiger partial charge in [0, 0.05) is 11.8 Å². The summed E-state index contributed by atoms with van der Waals surface area (Å²) < 4.78 is 0. The number of benzene rings is 1. The lowest BCUT2D eigenvalue weighted by molar-refractivity contribution is 0.590. The first-order valence-corrected chi connectivity index (χ1v) is 5.26. The van der Waals surface area contributed by atoms with Crippen LogP contribution in [0.5, 0.6) is 0 Å². The summed E-state index contributed by atoms with van der Waals surface area (Å²) in [6, 6.07) is 8.65. The van der Waals surface area contributed by atoms with Gasteiger partial charge in [-0.05, 0) is 23.1 Å². The van der Waals surface area contributed by atoms with Gasteiger partial charge in [0.1, 0.15) is 0 Å². The molecule has 15 heavy (non-hydrogen) atoms. The average molecular weight is 198 g/mol. The fraction of sp³-hybridized carbons (Fsp3) is 0.286. The SMILES string of the molecule is CC(C)(C)c1ccc(C2=CC=C[N]2)cc1. The Morgan fingerprint density at radius 2 is 1.67 bits per heavy atom. The Morgan fingerprint density at radius 3 is 2.13 bits per heavy atom. The molecule has 1 aliphatic heterocycles. The highest BCUT2D eigenvalue weighted by Crippen LogP contribution is 2.24. The minimum absolute atomic E-state index is 0.220. The highest BCUT2D eigenvalue weighted by molar-refractivity contribution is 5.68. The number of hydrogen-bond acceptors (Lipinski definition) is 0. The number of rotatable bonds is 1. The van der Waals surface area contributed by atoms with Crippen LogP contribution in [0.25, 0.3) is 5.70 Å². The highest BCUT2D eigenvalue weighted by atomic mass is 14.9. The molecule has 0 fully saturated rings. The second kappa shape index (κ2) is 3.58. The predicted octanol–water partition coefficient (Wildman–Crippen LogP) is 3.46. The van der Waals surface area contributed by atoms with Crippen LogP contribution in [0.2, 0.25) is 0 Å². The summed E-state index contributed by atoms with van der Waals surface area (Å²) in [5.74, 6) is 0. The van der Waals surface area contributed by atoms with Gasteiger partial charge in [-0.2, -0.15) is 0 Å². The largest absolute Gasteiger partial charge is 0.256 e. The summed E-state index contributed by atoms with van der Waals surface area (Å²) in [5, 5.41) is 4.28. The first kappa shape index (κ1) is 10.0. The molecule has 0 bridgehead atoms. The van der Waals surface area contributed by atoms with Gasteiger partial charge in [-0.3, -0.25) is 5.32 Å². The summed E-state index contributed by atoms with van der Waals surface area (Å²) in [4.78, 5) is 0. The molecular weight excluding hydrogens is 182 g/mol. The van der Waals surface area contributed by atoms with Gasteiger partial charge in [-0.1, -0.05) is 45.0 Å². The summed E-state index contributed by atoms with van der Waals surface area (Å²) >= 11 is 0. The zero-order valence-electron chi connectivity index (χ0n) is 9.49. The van der Waals surface area contributed by atoms with Crippen LogP contribution in [0.1, 0.15) is 31.9 Å². The molecule has 1 nitrogen and oxygen atoms in total. The number of allylic oxidation sites excluding steroid dienone is 2. The molecule has 2 rings (SSSR count). The van der Waals surface area contributed by atoms with Crippen molar-refractivity contribution in [2.75, 3.05) is 0 Å². The lowest BCUT2D eigenvalue weighted by Gasteiger charge is -2.19. The van der Waals surface area contributed by atoms with Crippen molar-refractivity contribution in [1.29, 1.82) is 0 Å². The summed E-state index contributed by atoms with van der Waals surface area (Å²) in [7, 11) is 0. The third kappa shape index (κ3) is 2.12. The van der Waals surface area contributed by atoms with Crippen molar-refractivity contribution in [1.82, 2.24) is 5.32 Å². The van der Waals surface area contributed by atoms with Gasteiger partial charge in [-0.15, -0.1) is 0 Å². The maximum absolute atomic E-state index is 4.28. The van der Waals surface area contributed by atoms with Gasteiger partial charge in [0.25, 0.3) is 0 Å². The Morgan fingerprint density at radius 1 is 1.00 bits per heavy atom. The standard InChI is InChI=1S/C14H16N/c1-14(2,3)12-8-6-11(7-9-12)13-5-4-10-15-13/h4-10H,1-3H3. The molecule has 0 aromatic heterocycles. The van der Waals surface area contributed by atoms with Crippen LogP contribution in [0.15, 0.2) is 42.6 Å². The Kier molecular flexibility index (Phi) is 2.39. The second-order valence-corrected chi connectivity index (χ2v) is 4.85. The summed E-state index contributed by atoms with van der Waals surface area (Å²) in [6.07, 6.45) is 5.83. The topological polar surface area (TPSA) is 14.1 Å². The van der Waals surface area contributed by atoms with E-state index in [-0.39, 0.29) is 5.41 Å². The molecule has 1 heteroatoms. The van der Waals surface area contributed by atoms with Crippen LogP contribution < -0.4 is 5.32 Å². The van der Waals surface area contributed by atoms with Crippen molar-refractivity contribution < 1.29 is 0 Å². The molecule has 0 unspecified atom stereocenters. The summed E-state index contributed by atoms with van der Waals surface area (Å²) in [6.45, 7) is 6.67. The molecule has 1 radical (unpaired) electrons. The number of hydrogen-bond donors (Lipinski definition) is 0. The van der Waals surface area contributed by atoms with E-state index >= 15 is 0 Å². The fourth-order valence-corrected chi connectivity index (χ4v) is 1.61. The van der Waals surface area contributed by atoms with E-state index in [0.29, 0.717) is 0 Å². The van der Waals surface area contributed by atoms with Gasteiger partial charge >= 0.3 is 0 Å². The fourth-order valence-electron chi connectivity index (χ4n) is 1.61. The quantitative estimate of drug-likeness (QED) is 0.656. The molecule has 0 amide bonds.